The van der Waals surface area contributed by atoms with Crippen LogP contribution in [0, 0.1) is 15.5 Å². The number of aldehydes is 1. The molecule has 0 atom stereocenters. The predicted molar refractivity (Wildman–Crippen MR) is 37.9 cm³/mol. The SMILES string of the molecule is CN/C(C=O)=C(\C=N)[N+](=O)[O-]. The zero-order valence-corrected chi connectivity index (χ0v) is 5.83. The number of nitrogens with zero attached hydrogens (tertiary/aromatic N) is 1. The topological polar surface area (TPSA) is 96.1 Å². The van der Waals surface area contributed by atoms with Gasteiger partial charge in [0, 0.05) is 7.05 Å². The van der Waals surface area contributed by atoms with E-state index in [9.17, 15) is 14.9 Å². The van der Waals surface area contributed by atoms with E-state index in [1.807, 2.05) is 0 Å². The number of carbonyl (C=O) groups is 1. The third-order valence-corrected chi connectivity index (χ3v) is 0.997. The lowest BCUT2D eigenvalue weighted by atomic mass is 10.3. The average molecular weight is 157 g/mol. The van der Waals surface area contributed by atoms with Crippen molar-refractivity contribution >= 4 is 12.5 Å². The molecule has 0 aliphatic heterocycles. The van der Waals surface area contributed by atoms with E-state index >= 15 is 0 Å². The van der Waals surface area contributed by atoms with E-state index in [2.05, 4.69) is 5.32 Å². The van der Waals surface area contributed by atoms with Crippen molar-refractivity contribution in [1.29, 1.82) is 5.41 Å². The maximum Gasteiger partial charge on any atom is 0.313 e. The van der Waals surface area contributed by atoms with Crippen molar-refractivity contribution < 1.29 is 9.72 Å². The first-order valence-electron chi connectivity index (χ1n) is 2.69. The highest BCUT2D eigenvalue weighted by atomic mass is 16.6. The van der Waals surface area contributed by atoms with Crippen molar-refractivity contribution in [2.75, 3.05) is 7.05 Å². The second kappa shape index (κ2) is 4.15. The third-order valence-electron chi connectivity index (χ3n) is 0.997. The summed E-state index contributed by atoms with van der Waals surface area (Å²) in [5, 5.41) is 19.0. The van der Waals surface area contributed by atoms with E-state index in [1.165, 1.54) is 7.05 Å². The Morgan fingerprint density at radius 3 is 2.36 bits per heavy atom. The molecule has 0 heterocycles. The Labute approximate surface area is 62.6 Å². The summed E-state index contributed by atoms with van der Waals surface area (Å²) in [6.45, 7) is 0. The molecule has 0 aromatic heterocycles. The second-order valence-electron chi connectivity index (χ2n) is 1.57. The molecule has 0 amide bonds. The number of hydrogen-bond donors (Lipinski definition) is 2. The molecule has 0 rings (SSSR count). The van der Waals surface area contributed by atoms with Crippen molar-refractivity contribution in [3.63, 3.8) is 0 Å². The molecular weight excluding hydrogens is 150 g/mol. The fourth-order valence-corrected chi connectivity index (χ4v) is 0.476. The summed E-state index contributed by atoms with van der Waals surface area (Å²) in [5.74, 6) is 0. The van der Waals surface area contributed by atoms with Gasteiger partial charge in [-0.05, 0) is 0 Å². The Kier molecular flexibility index (Phi) is 3.50. The first-order chi connectivity index (χ1) is 5.17. The van der Waals surface area contributed by atoms with Gasteiger partial charge in [-0.15, -0.1) is 0 Å². The van der Waals surface area contributed by atoms with Gasteiger partial charge >= 0.3 is 5.70 Å². The fraction of sp³-hybridized carbons (Fsp3) is 0.200. The van der Waals surface area contributed by atoms with E-state index in [4.69, 9.17) is 5.41 Å². The van der Waals surface area contributed by atoms with Gasteiger partial charge in [-0.1, -0.05) is 0 Å². The van der Waals surface area contributed by atoms with Crippen LogP contribution >= 0.6 is 0 Å². The van der Waals surface area contributed by atoms with Crippen LogP contribution in [0.4, 0.5) is 0 Å². The number of hydrogen-bond acceptors (Lipinski definition) is 5. The lowest BCUT2D eigenvalue weighted by Crippen LogP contribution is -2.15. The number of allylic oxidation sites excluding steroid dienone is 2. The van der Waals surface area contributed by atoms with Crippen LogP contribution in [-0.4, -0.2) is 24.5 Å². The summed E-state index contributed by atoms with van der Waals surface area (Å²) in [5.41, 5.74) is -0.743. The van der Waals surface area contributed by atoms with Crippen LogP contribution < -0.4 is 5.32 Å². The summed E-state index contributed by atoms with van der Waals surface area (Å²) in [4.78, 5) is 19.4. The average Bonchev–Trinajstić information content (AvgIpc) is 1.99. The van der Waals surface area contributed by atoms with Gasteiger partial charge in [0.05, 0.1) is 11.1 Å². The van der Waals surface area contributed by atoms with E-state index in [0.717, 1.165) is 0 Å². The standard InChI is InChI=1S/C5H7N3O3/c1-7-4(3-9)5(2-6)8(10)11/h2-3,6-7H,1H3/b5-4+,6-2?. The van der Waals surface area contributed by atoms with Crippen molar-refractivity contribution in [1.82, 2.24) is 5.32 Å². The van der Waals surface area contributed by atoms with Crippen LogP contribution in [0.2, 0.25) is 0 Å². The number of nitro groups is 1. The highest BCUT2D eigenvalue weighted by Gasteiger charge is 2.13. The smallest absolute Gasteiger partial charge is 0.313 e. The van der Waals surface area contributed by atoms with E-state index in [-0.39, 0.29) is 5.70 Å². The Balaban J connectivity index is 4.92. The molecule has 0 aromatic rings. The molecule has 0 aromatic carbocycles. The summed E-state index contributed by atoms with van der Waals surface area (Å²) < 4.78 is 0. The Hall–Kier alpha value is -1.72. The molecule has 6 nitrogen and oxygen atoms in total. The molecule has 0 aliphatic carbocycles. The van der Waals surface area contributed by atoms with Crippen LogP contribution in [0.25, 0.3) is 0 Å². The van der Waals surface area contributed by atoms with Gasteiger partial charge in [-0.25, -0.2) is 0 Å². The summed E-state index contributed by atoms with van der Waals surface area (Å²) in [6.07, 6.45) is 0.809. The molecule has 0 aliphatic rings. The van der Waals surface area contributed by atoms with Gasteiger partial charge in [0.1, 0.15) is 0 Å². The summed E-state index contributed by atoms with van der Waals surface area (Å²) >= 11 is 0. The molecule has 0 unspecified atom stereocenters. The summed E-state index contributed by atoms with van der Waals surface area (Å²) in [6, 6.07) is 0. The number of carbonyl (C=O) groups excluding carboxylic acids is 1. The highest BCUT2D eigenvalue weighted by molar-refractivity contribution is 5.84. The normalized spacial score (nSPS) is 11.4. The molecule has 11 heavy (non-hydrogen) atoms. The van der Waals surface area contributed by atoms with Crippen molar-refractivity contribution in [3.05, 3.63) is 21.5 Å². The molecule has 0 saturated carbocycles. The Bertz CT molecular complexity index is 221. The second-order valence-corrected chi connectivity index (χ2v) is 1.57. The zero-order chi connectivity index (χ0) is 8.85. The van der Waals surface area contributed by atoms with E-state index in [1.54, 1.807) is 0 Å². The first-order valence-corrected chi connectivity index (χ1v) is 2.69. The van der Waals surface area contributed by atoms with Crippen LogP contribution in [0.3, 0.4) is 0 Å². The van der Waals surface area contributed by atoms with Crippen molar-refractivity contribution in [2.45, 2.75) is 0 Å². The van der Waals surface area contributed by atoms with Crippen LogP contribution in [0.5, 0.6) is 0 Å². The molecule has 0 saturated heterocycles. The van der Waals surface area contributed by atoms with Gasteiger partial charge in [0.25, 0.3) is 0 Å². The largest absolute Gasteiger partial charge is 0.380 e. The van der Waals surface area contributed by atoms with Crippen LogP contribution in [0.15, 0.2) is 11.4 Å². The van der Waals surface area contributed by atoms with Gasteiger partial charge in [-0.3, -0.25) is 14.9 Å². The van der Waals surface area contributed by atoms with Gasteiger partial charge in [0.15, 0.2) is 12.0 Å². The minimum atomic E-state index is -0.798. The molecule has 0 fully saturated rings. The minimum Gasteiger partial charge on any atom is -0.380 e. The Morgan fingerprint density at radius 2 is 2.27 bits per heavy atom. The molecule has 6 heteroatoms. The molecular formula is C5H7N3O3. The highest BCUT2D eigenvalue weighted by Crippen LogP contribution is 1.95. The fourth-order valence-electron chi connectivity index (χ4n) is 0.476. The lowest BCUT2D eigenvalue weighted by Gasteiger charge is -1.95. The maximum atomic E-state index is 10.1. The molecule has 0 radical (unpaired) electrons. The minimum absolute atomic E-state index is 0.204. The predicted octanol–water partition coefficient (Wildman–Crippen LogP) is -0.457. The first kappa shape index (κ1) is 9.28. The van der Waals surface area contributed by atoms with Gasteiger partial charge in [0.2, 0.25) is 0 Å². The number of nitrogens with one attached hydrogen (secondary N) is 2. The van der Waals surface area contributed by atoms with Crippen molar-refractivity contribution in [3.8, 4) is 0 Å². The van der Waals surface area contributed by atoms with Gasteiger partial charge < -0.3 is 10.7 Å². The molecule has 2 N–H and O–H groups in total. The van der Waals surface area contributed by atoms with Crippen molar-refractivity contribution in [2.24, 2.45) is 0 Å². The monoisotopic (exact) mass is 157 g/mol. The molecule has 60 valence electrons. The Morgan fingerprint density at radius 1 is 1.73 bits per heavy atom. The third kappa shape index (κ3) is 2.17. The molecule has 0 spiro atoms. The zero-order valence-electron chi connectivity index (χ0n) is 5.83. The quantitative estimate of drug-likeness (QED) is 0.190. The van der Waals surface area contributed by atoms with Gasteiger partial charge in [-0.2, -0.15) is 0 Å². The van der Waals surface area contributed by atoms with Crippen LogP contribution in [-0.2, 0) is 4.79 Å². The number of likely N-dealkylation sites (N-methyl/N-ethyl adjacent to an activating group) is 1. The molecule has 0 bridgehead atoms. The lowest BCUT2D eigenvalue weighted by molar-refractivity contribution is -0.415. The van der Waals surface area contributed by atoms with E-state index in [0.29, 0.717) is 12.5 Å². The number of rotatable bonds is 4. The van der Waals surface area contributed by atoms with E-state index < -0.39 is 10.6 Å². The van der Waals surface area contributed by atoms with Crippen LogP contribution in [0.1, 0.15) is 0 Å². The summed E-state index contributed by atoms with van der Waals surface area (Å²) in [7, 11) is 1.37. The maximum absolute atomic E-state index is 10.1.